The third-order valence-corrected chi connectivity index (χ3v) is 3.38. The van der Waals surface area contributed by atoms with Crippen molar-refractivity contribution in [3.8, 4) is 11.3 Å². The molecule has 2 nitrogen and oxygen atoms in total. The van der Waals surface area contributed by atoms with E-state index in [2.05, 4.69) is 57.1 Å². The monoisotopic (exact) mass is 242 g/mol. The molecule has 1 heterocycles. The van der Waals surface area contributed by atoms with Crippen LogP contribution in [0.1, 0.15) is 37.6 Å². The van der Waals surface area contributed by atoms with Crippen molar-refractivity contribution in [3.63, 3.8) is 0 Å². The Hall–Kier alpha value is -1.57. The van der Waals surface area contributed by atoms with Gasteiger partial charge in [0.25, 0.3) is 0 Å². The van der Waals surface area contributed by atoms with E-state index >= 15 is 0 Å². The molecule has 0 N–H and O–H groups in total. The molecule has 0 radical (unpaired) electrons. The molecular formula is C16H22N2. The van der Waals surface area contributed by atoms with Gasteiger partial charge < -0.3 is 0 Å². The molecule has 0 spiro atoms. The number of aryl methyl sites for hydroxylation is 3. The maximum Gasteiger partial charge on any atom is 0.0684 e. The van der Waals surface area contributed by atoms with Crippen LogP contribution in [-0.4, -0.2) is 9.78 Å². The maximum absolute atomic E-state index is 4.44. The molecule has 2 aromatic rings. The van der Waals surface area contributed by atoms with Crippen LogP contribution in [0.15, 0.2) is 24.3 Å². The lowest BCUT2D eigenvalue weighted by molar-refractivity contribution is 0.590. The number of hydrogen-bond donors (Lipinski definition) is 0. The molecule has 0 fully saturated rings. The fourth-order valence-corrected chi connectivity index (χ4v) is 2.23. The first kappa shape index (κ1) is 12.9. The van der Waals surface area contributed by atoms with Gasteiger partial charge >= 0.3 is 0 Å². The number of nitrogens with zero attached hydrogens (tertiary/aromatic N) is 2. The van der Waals surface area contributed by atoms with Gasteiger partial charge in [-0.25, -0.2) is 0 Å². The molecule has 0 atom stereocenters. The molecule has 0 aliphatic rings. The highest BCUT2D eigenvalue weighted by Crippen LogP contribution is 2.30. The molecule has 96 valence electrons. The minimum atomic E-state index is 0.177. The summed E-state index contributed by atoms with van der Waals surface area (Å²) in [5, 5.41) is 4.44. The molecule has 0 unspecified atom stereocenters. The van der Waals surface area contributed by atoms with E-state index in [1.165, 1.54) is 22.4 Å². The van der Waals surface area contributed by atoms with Crippen molar-refractivity contribution in [3.05, 3.63) is 41.1 Å². The Bertz CT molecular complexity index is 571. The van der Waals surface area contributed by atoms with Gasteiger partial charge in [-0.3, -0.25) is 4.68 Å². The lowest BCUT2D eigenvalue weighted by Crippen LogP contribution is -2.11. The summed E-state index contributed by atoms with van der Waals surface area (Å²) < 4.78 is 1.96. The van der Waals surface area contributed by atoms with Crippen molar-refractivity contribution < 1.29 is 0 Å². The van der Waals surface area contributed by atoms with Crippen LogP contribution in [0.4, 0.5) is 0 Å². The molecule has 2 rings (SSSR count). The van der Waals surface area contributed by atoms with E-state index in [0.29, 0.717) is 0 Å². The Morgan fingerprint density at radius 2 is 1.72 bits per heavy atom. The topological polar surface area (TPSA) is 17.8 Å². The van der Waals surface area contributed by atoms with Crippen LogP contribution in [-0.2, 0) is 12.5 Å². The molecule has 0 aliphatic carbocycles. The lowest BCUT2D eigenvalue weighted by Gasteiger charge is -2.20. The summed E-state index contributed by atoms with van der Waals surface area (Å²) in [5.41, 5.74) is 6.37. The van der Waals surface area contributed by atoms with E-state index in [-0.39, 0.29) is 5.41 Å². The molecule has 0 bridgehead atoms. The zero-order valence-electron chi connectivity index (χ0n) is 12.2. The van der Waals surface area contributed by atoms with Crippen molar-refractivity contribution in [1.82, 2.24) is 9.78 Å². The second-order valence-electron chi connectivity index (χ2n) is 6.07. The Balaban J connectivity index is 2.60. The maximum atomic E-state index is 4.44. The Morgan fingerprint density at radius 3 is 2.22 bits per heavy atom. The molecule has 1 aromatic carbocycles. The van der Waals surface area contributed by atoms with Crippen LogP contribution in [0, 0.1) is 13.8 Å². The summed E-state index contributed by atoms with van der Waals surface area (Å²) >= 11 is 0. The van der Waals surface area contributed by atoms with Gasteiger partial charge in [-0.2, -0.15) is 5.10 Å². The minimum Gasteiger partial charge on any atom is -0.268 e. The highest BCUT2D eigenvalue weighted by atomic mass is 15.3. The number of aromatic nitrogens is 2. The van der Waals surface area contributed by atoms with Crippen LogP contribution >= 0.6 is 0 Å². The van der Waals surface area contributed by atoms with Crippen molar-refractivity contribution in [1.29, 1.82) is 0 Å². The summed E-state index contributed by atoms with van der Waals surface area (Å²) in [4.78, 5) is 0. The zero-order chi connectivity index (χ0) is 13.5. The summed E-state index contributed by atoms with van der Waals surface area (Å²) in [6, 6.07) is 8.88. The van der Waals surface area contributed by atoms with E-state index in [0.717, 1.165) is 5.69 Å². The van der Waals surface area contributed by atoms with Crippen LogP contribution < -0.4 is 0 Å². The second-order valence-corrected chi connectivity index (χ2v) is 6.07. The van der Waals surface area contributed by atoms with Gasteiger partial charge in [-0.1, -0.05) is 32.9 Å². The summed E-state index contributed by atoms with van der Waals surface area (Å²) in [7, 11) is 2.01. The van der Waals surface area contributed by atoms with Gasteiger partial charge in [-0.15, -0.1) is 0 Å². The van der Waals surface area contributed by atoms with Gasteiger partial charge in [0.2, 0.25) is 0 Å². The quantitative estimate of drug-likeness (QED) is 0.739. The first-order valence-electron chi connectivity index (χ1n) is 6.41. The molecule has 0 saturated carbocycles. The van der Waals surface area contributed by atoms with Crippen molar-refractivity contribution in [2.45, 2.75) is 40.0 Å². The van der Waals surface area contributed by atoms with E-state index in [9.17, 15) is 0 Å². The van der Waals surface area contributed by atoms with Crippen LogP contribution in [0.2, 0.25) is 0 Å². The van der Waals surface area contributed by atoms with Gasteiger partial charge in [-0.05, 0) is 42.5 Å². The van der Waals surface area contributed by atoms with Crippen molar-refractivity contribution >= 4 is 0 Å². The highest BCUT2D eigenvalue weighted by molar-refractivity contribution is 5.65. The first-order valence-corrected chi connectivity index (χ1v) is 6.41. The molecule has 2 heteroatoms. The van der Waals surface area contributed by atoms with Crippen LogP contribution in [0.5, 0.6) is 0 Å². The number of hydrogen-bond acceptors (Lipinski definition) is 1. The van der Waals surface area contributed by atoms with E-state index in [1.807, 2.05) is 18.7 Å². The van der Waals surface area contributed by atoms with Gasteiger partial charge in [0.15, 0.2) is 0 Å². The largest absolute Gasteiger partial charge is 0.268 e. The van der Waals surface area contributed by atoms with Crippen molar-refractivity contribution in [2.75, 3.05) is 0 Å². The fraction of sp³-hybridized carbons (Fsp3) is 0.438. The Morgan fingerprint density at radius 1 is 1.06 bits per heavy atom. The Kier molecular flexibility index (Phi) is 3.05. The summed E-state index contributed by atoms with van der Waals surface area (Å²) in [6.45, 7) is 10.9. The van der Waals surface area contributed by atoms with Crippen LogP contribution in [0.25, 0.3) is 11.3 Å². The third-order valence-electron chi connectivity index (χ3n) is 3.38. The third kappa shape index (κ3) is 2.33. The van der Waals surface area contributed by atoms with Gasteiger partial charge in [0.1, 0.15) is 0 Å². The summed E-state index contributed by atoms with van der Waals surface area (Å²) in [5.74, 6) is 0. The SMILES string of the molecule is Cc1cc(-c2cc(C(C)(C)C)ccc2C)n(C)n1. The fourth-order valence-electron chi connectivity index (χ4n) is 2.23. The van der Waals surface area contributed by atoms with E-state index in [4.69, 9.17) is 0 Å². The first-order chi connectivity index (χ1) is 8.29. The van der Waals surface area contributed by atoms with Crippen molar-refractivity contribution in [2.24, 2.45) is 7.05 Å². The lowest BCUT2D eigenvalue weighted by atomic mass is 9.85. The molecule has 1 aromatic heterocycles. The van der Waals surface area contributed by atoms with Crippen LogP contribution in [0.3, 0.4) is 0 Å². The molecular weight excluding hydrogens is 220 g/mol. The standard InChI is InChI=1S/C16H22N2/c1-11-7-8-13(16(3,4)5)10-14(11)15-9-12(2)17-18(15)6/h7-10H,1-6H3. The molecule has 0 aliphatic heterocycles. The van der Waals surface area contributed by atoms with E-state index < -0.39 is 0 Å². The number of benzene rings is 1. The normalized spacial score (nSPS) is 11.9. The molecule has 18 heavy (non-hydrogen) atoms. The molecule has 0 amide bonds. The zero-order valence-corrected chi connectivity index (χ0v) is 12.2. The second kappa shape index (κ2) is 4.27. The highest BCUT2D eigenvalue weighted by Gasteiger charge is 2.16. The predicted octanol–water partition coefficient (Wildman–Crippen LogP) is 4.00. The van der Waals surface area contributed by atoms with Gasteiger partial charge in [0, 0.05) is 12.6 Å². The molecule has 0 saturated heterocycles. The minimum absolute atomic E-state index is 0.177. The van der Waals surface area contributed by atoms with E-state index in [1.54, 1.807) is 0 Å². The van der Waals surface area contributed by atoms with Gasteiger partial charge in [0.05, 0.1) is 11.4 Å². The number of rotatable bonds is 1. The summed E-state index contributed by atoms with van der Waals surface area (Å²) in [6.07, 6.45) is 0. The predicted molar refractivity (Wildman–Crippen MR) is 76.8 cm³/mol. The average Bonchev–Trinajstić information content (AvgIpc) is 2.56. The smallest absolute Gasteiger partial charge is 0.0684 e. The Labute approximate surface area is 110 Å². The average molecular weight is 242 g/mol.